The zero-order valence-corrected chi connectivity index (χ0v) is 12.4. The highest BCUT2D eigenvalue weighted by Crippen LogP contribution is 2.26. The van der Waals surface area contributed by atoms with Crippen LogP contribution in [0.4, 0.5) is 10.1 Å². The highest BCUT2D eigenvalue weighted by molar-refractivity contribution is 9.11. The predicted molar refractivity (Wildman–Crippen MR) is 77.2 cm³/mol. The highest BCUT2D eigenvalue weighted by atomic mass is 79.9. The second-order valence-corrected chi connectivity index (χ2v) is 5.57. The smallest absolute Gasteiger partial charge is 0.127 e. The van der Waals surface area contributed by atoms with Crippen molar-refractivity contribution in [2.75, 3.05) is 5.32 Å². The van der Waals surface area contributed by atoms with Crippen LogP contribution in [0, 0.1) is 5.82 Å². The fraction of sp³-hybridized carbons (Fsp3) is 0.0769. The average Bonchev–Trinajstić information content (AvgIpc) is 2.26. The third-order valence-electron chi connectivity index (χ3n) is 2.36. The summed E-state index contributed by atoms with van der Waals surface area (Å²) in [4.78, 5) is 0. The molecule has 0 aliphatic rings. The lowest BCUT2D eigenvalue weighted by Gasteiger charge is -2.09. The van der Waals surface area contributed by atoms with Crippen LogP contribution in [0.1, 0.15) is 5.56 Å². The zero-order valence-electron chi connectivity index (χ0n) is 9.25. The molecule has 94 valence electrons. The van der Waals surface area contributed by atoms with Gasteiger partial charge in [-0.1, -0.05) is 15.9 Å². The lowest BCUT2D eigenvalue weighted by atomic mass is 10.2. The van der Waals surface area contributed by atoms with Gasteiger partial charge in [-0.25, -0.2) is 4.39 Å². The van der Waals surface area contributed by atoms with Crippen molar-refractivity contribution in [1.29, 1.82) is 0 Å². The molecule has 0 atom stereocenters. The fourth-order valence-corrected chi connectivity index (χ4v) is 2.75. The minimum atomic E-state index is -0.443. The molecular formula is C13H10Br2FNO. The second-order valence-electron chi connectivity index (χ2n) is 3.80. The van der Waals surface area contributed by atoms with Crippen LogP contribution < -0.4 is 5.32 Å². The van der Waals surface area contributed by atoms with E-state index in [1.807, 2.05) is 18.2 Å². The molecule has 0 fully saturated rings. The molecule has 0 spiro atoms. The predicted octanol–water partition coefficient (Wildman–Crippen LogP) is 4.67. The summed E-state index contributed by atoms with van der Waals surface area (Å²) >= 11 is 6.80. The summed E-state index contributed by atoms with van der Waals surface area (Å²) in [7, 11) is 0. The van der Waals surface area contributed by atoms with Crippen molar-refractivity contribution in [3.05, 3.63) is 56.7 Å². The number of rotatable bonds is 3. The average molecular weight is 375 g/mol. The third-order valence-corrected chi connectivity index (χ3v) is 3.51. The maximum atomic E-state index is 13.1. The van der Waals surface area contributed by atoms with Gasteiger partial charge >= 0.3 is 0 Å². The molecule has 2 aromatic rings. The van der Waals surface area contributed by atoms with E-state index in [4.69, 9.17) is 0 Å². The largest absolute Gasteiger partial charge is 0.508 e. The summed E-state index contributed by atoms with van der Waals surface area (Å²) in [5.41, 5.74) is 1.59. The minimum absolute atomic E-state index is 0.0679. The number of anilines is 1. The number of halogens is 3. The SMILES string of the molecule is Oc1cc(F)cc(CNc2ccc(Br)cc2Br)c1. The monoisotopic (exact) mass is 373 g/mol. The molecule has 0 aromatic heterocycles. The van der Waals surface area contributed by atoms with Crippen LogP contribution in [0.3, 0.4) is 0 Å². The number of hydrogen-bond donors (Lipinski definition) is 2. The lowest BCUT2D eigenvalue weighted by molar-refractivity contribution is 0.468. The molecule has 0 aliphatic heterocycles. The van der Waals surface area contributed by atoms with Gasteiger partial charge in [0.1, 0.15) is 11.6 Å². The van der Waals surface area contributed by atoms with Gasteiger partial charge in [-0.05, 0) is 51.8 Å². The topological polar surface area (TPSA) is 32.3 Å². The Morgan fingerprint density at radius 1 is 1.11 bits per heavy atom. The van der Waals surface area contributed by atoms with E-state index in [9.17, 15) is 9.50 Å². The summed E-state index contributed by atoms with van der Waals surface area (Å²) in [6.07, 6.45) is 0. The van der Waals surface area contributed by atoms with Crippen molar-refractivity contribution < 1.29 is 9.50 Å². The van der Waals surface area contributed by atoms with Gasteiger partial charge < -0.3 is 10.4 Å². The van der Waals surface area contributed by atoms with Gasteiger partial charge in [0, 0.05) is 27.2 Å². The molecule has 5 heteroatoms. The van der Waals surface area contributed by atoms with Crippen LogP contribution in [0.15, 0.2) is 45.3 Å². The number of nitrogens with one attached hydrogen (secondary N) is 1. The van der Waals surface area contributed by atoms with E-state index in [-0.39, 0.29) is 5.75 Å². The van der Waals surface area contributed by atoms with Crippen LogP contribution in [0.25, 0.3) is 0 Å². The summed E-state index contributed by atoms with van der Waals surface area (Å²) in [6.45, 7) is 0.436. The first-order chi connectivity index (χ1) is 8.54. The first kappa shape index (κ1) is 13.4. The molecule has 2 rings (SSSR count). The summed E-state index contributed by atoms with van der Waals surface area (Å²) in [6, 6.07) is 9.75. The van der Waals surface area contributed by atoms with E-state index in [2.05, 4.69) is 37.2 Å². The first-order valence-electron chi connectivity index (χ1n) is 5.22. The summed E-state index contributed by atoms with van der Waals surface area (Å²) in [5, 5.41) is 12.5. The van der Waals surface area contributed by atoms with Crippen LogP contribution in [0.2, 0.25) is 0 Å². The van der Waals surface area contributed by atoms with Crippen molar-refractivity contribution in [2.45, 2.75) is 6.54 Å². The highest BCUT2D eigenvalue weighted by Gasteiger charge is 2.02. The van der Waals surface area contributed by atoms with Crippen LogP contribution in [-0.2, 0) is 6.54 Å². The maximum absolute atomic E-state index is 13.1. The lowest BCUT2D eigenvalue weighted by Crippen LogP contribution is -2.00. The van der Waals surface area contributed by atoms with E-state index in [0.717, 1.165) is 20.7 Å². The van der Waals surface area contributed by atoms with Crippen LogP contribution >= 0.6 is 31.9 Å². The normalized spacial score (nSPS) is 10.4. The second kappa shape index (κ2) is 5.71. The number of benzene rings is 2. The first-order valence-corrected chi connectivity index (χ1v) is 6.80. The Balaban J connectivity index is 2.11. The minimum Gasteiger partial charge on any atom is -0.508 e. The van der Waals surface area contributed by atoms with Crippen molar-refractivity contribution in [3.63, 3.8) is 0 Å². The number of phenols is 1. The molecule has 0 unspecified atom stereocenters. The van der Waals surface area contributed by atoms with E-state index >= 15 is 0 Å². The fourth-order valence-electron chi connectivity index (χ4n) is 1.57. The molecule has 18 heavy (non-hydrogen) atoms. The molecule has 0 saturated heterocycles. The summed E-state index contributed by atoms with van der Waals surface area (Å²) < 4.78 is 15.0. The summed E-state index contributed by atoms with van der Waals surface area (Å²) in [5.74, 6) is -0.511. The van der Waals surface area contributed by atoms with E-state index in [0.29, 0.717) is 12.1 Å². The number of hydrogen-bond acceptors (Lipinski definition) is 2. The molecule has 2 N–H and O–H groups in total. The van der Waals surface area contributed by atoms with Gasteiger partial charge in [-0.2, -0.15) is 0 Å². The molecule has 2 nitrogen and oxygen atoms in total. The van der Waals surface area contributed by atoms with Crippen LogP contribution in [-0.4, -0.2) is 5.11 Å². The Bertz CT molecular complexity index is 555. The van der Waals surface area contributed by atoms with E-state index < -0.39 is 5.82 Å². The van der Waals surface area contributed by atoms with Gasteiger partial charge in [0.2, 0.25) is 0 Å². The van der Waals surface area contributed by atoms with Gasteiger partial charge in [-0.3, -0.25) is 0 Å². The van der Waals surface area contributed by atoms with Crippen molar-refractivity contribution in [2.24, 2.45) is 0 Å². The van der Waals surface area contributed by atoms with E-state index in [1.54, 1.807) is 0 Å². The van der Waals surface area contributed by atoms with Gasteiger partial charge in [0.05, 0.1) is 0 Å². The molecule has 0 bridgehead atoms. The zero-order chi connectivity index (χ0) is 13.1. The Morgan fingerprint density at radius 2 is 1.89 bits per heavy atom. The Morgan fingerprint density at radius 3 is 2.56 bits per heavy atom. The molecule has 0 amide bonds. The van der Waals surface area contributed by atoms with Crippen molar-refractivity contribution in [1.82, 2.24) is 0 Å². The van der Waals surface area contributed by atoms with Crippen LogP contribution in [0.5, 0.6) is 5.75 Å². The Hall–Kier alpha value is -1.07. The third kappa shape index (κ3) is 3.46. The van der Waals surface area contributed by atoms with Gasteiger partial charge in [0.25, 0.3) is 0 Å². The molecule has 0 aliphatic carbocycles. The molecule has 2 aromatic carbocycles. The van der Waals surface area contributed by atoms with Crippen molar-refractivity contribution in [3.8, 4) is 5.75 Å². The number of phenolic OH excluding ortho intramolecular Hbond substituents is 1. The molecule has 0 radical (unpaired) electrons. The quantitative estimate of drug-likeness (QED) is 0.818. The molecule has 0 saturated carbocycles. The molecule has 0 heterocycles. The Kier molecular flexibility index (Phi) is 4.24. The number of aromatic hydroxyl groups is 1. The molecular weight excluding hydrogens is 365 g/mol. The maximum Gasteiger partial charge on any atom is 0.127 e. The Labute approximate surface area is 121 Å². The van der Waals surface area contributed by atoms with Gasteiger partial charge in [0.15, 0.2) is 0 Å². The van der Waals surface area contributed by atoms with Crippen molar-refractivity contribution >= 4 is 37.5 Å². The van der Waals surface area contributed by atoms with E-state index in [1.165, 1.54) is 12.1 Å². The standard InChI is InChI=1S/C13H10Br2FNO/c14-9-1-2-13(12(15)5-9)17-7-8-3-10(16)6-11(18)4-8/h1-6,17-18H,7H2. The van der Waals surface area contributed by atoms with Gasteiger partial charge in [-0.15, -0.1) is 0 Å².